The normalized spacial score (nSPS) is 16.4. The van der Waals surface area contributed by atoms with E-state index in [1.54, 1.807) is 12.1 Å². The lowest BCUT2D eigenvalue weighted by atomic mass is 10.1. The van der Waals surface area contributed by atoms with Crippen molar-refractivity contribution in [3.8, 4) is 0 Å². The molecule has 3 nitrogen and oxygen atoms in total. The molecule has 0 heterocycles. The summed E-state index contributed by atoms with van der Waals surface area (Å²) >= 11 is 12.6. The summed E-state index contributed by atoms with van der Waals surface area (Å²) in [5.41, 5.74) is 6.62. The van der Waals surface area contributed by atoms with Crippen molar-refractivity contribution in [2.75, 3.05) is 5.32 Å². The van der Waals surface area contributed by atoms with Gasteiger partial charge in [-0.15, -0.1) is 0 Å². The number of halogens is 3. The molecule has 1 amide bonds. The van der Waals surface area contributed by atoms with Gasteiger partial charge in [-0.1, -0.05) is 11.6 Å². The Hall–Kier alpha value is -0.100. The summed E-state index contributed by atoms with van der Waals surface area (Å²) in [4.78, 5) is 11.9. The number of anilines is 1. The molecule has 1 atom stereocenters. The van der Waals surface area contributed by atoms with Crippen LogP contribution in [0, 0.1) is 5.92 Å². The molecule has 98 valence electrons. The van der Waals surface area contributed by atoms with Crippen molar-refractivity contribution in [1.82, 2.24) is 0 Å². The Morgan fingerprint density at radius 1 is 1.44 bits per heavy atom. The molecule has 0 aromatic heterocycles. The SMILES string of the molecule is NC(CC(=O)Nc1c(Br)cc(Cl)cc1Br)C1CC1. The van der Waals surface area contributed by atoms with Gasteiger partial charge in [-0.2, -0.15) is 0 Å². The van der Waals surface area contributed by atoms with Crippen molar-refractivity contribution in [2.45, 2.75) is 25.3 Å². The molecule has 2 rings (SSSR count). The van der Waals surface area contributed by atoms with E-state index in [0.29, 0.717) is 23.0 Å². The van der Waals surface area contributed by atoms with Gasteiger partial charge in [0, 0.05) is 26.4 Å². The summed E-state index contributed by atoms with van der Waals surface area (Å²) in [7, 11) is 0. The molecule has 0 spiro atoms. The van der Waals surface area contributed by atoms with Crippen molar-refractivity contribution in [3.05, 3.63) is 26.1 Å². The lowest BCUT2D eigenvalue weighted by Crippen LogP contribution is -2.29. The zero-order valence-corrected chi connectivity index (χ0v) is 13.5. The number of nitrogens with one attached hydrogen (secondary N) is 1. The largest absolute Gasteiger partial charge is 0.327 e. The van der Waals surface area contributed by atoms with E-state index >= 15 is 0 Å². The van der Waals surface area contributed by atoms with Gasteiger partial charge in [0.05, 0.1) is 5.69 Å². The number of carbonyl (C=O) groups excluding carboxylic acids is 1. The number of carbonyl (C=O) groups is 1. The fraction of sp³-hybridized carbons (Fsp3) is 0.417. The molecule has 1 aliphatic carbocycles. The van der Waals surface area contributed by atoms with Crippen LogP contribution in [0.2, 0.25) is 5.02 Å². The molecule has 0 bridgehead atoms. The first-order valence-electron chi connectivity index (χ1n) is 5.67. The van der Waals surface area contributed by atoms with Gasteiger partial charge in [-0.05, 0) is 62.8 Å². The van der Waals surface area contributed by atoms with Gasteiger partial charge in [0.15, 0.2) is 0 Å². The highest BCUT2D eigenvalue weighted by molar-refractivity contribution is 9.11. The van der Waals surface area contributed by atoms with Crippen molar-refractivity contribution in [3.63, 3.8) is 0 Å². The van der Waals surface area contributed by atoms with Gasteiger partial charge >= 0.3 is 0 Å². The van der Waals surface area contributed by atoms with Gasteiger partial charge in [0.25, 0.3) is 0 Å². The van der Waals surface area contributed by atoms with Crippen LogP contribution in [0.15, 0.2) is 21.1 Å². The van der Waals surface area contributed by atoms with E-state index in [4.69, 9.17) is 17.3 Å². The van der Waals surface area contributed by atoms with E-state index in [9.17, 15) is 4.79 Å². The maximum Gasteiger partial charge on any atom is 0.226 e. The first-order valence-corrected chi connectivity index (χ1v) is 7.63. The van der Waals surface area contributed by atoms with E-state index in [1.807, 2.05) is 0 Å². The van der Waals surface area contributed by atoms with E-state index in [0.717, 1.165) is 21.8 Å². The maximum atomic E-state index is 11.9. The monoisotopic (exact) mass is 394 g/mol. The van der Waals surface area contributed by atoms with E-state index < -0.39 is 0 Å². The highest BCUT2D eigenvalue weighted by atomic mass is 79.9. The molecular weight excluding hydrogens is 383 g/mol. The molecule has 0 radical (unpaired) electrons. The summed E-state index contributed by atoms with van der Waals surface area (Å²) in [5.74, 6) is 0.450. The van der Waals surface area contributed by atoms with Crippen LogP contribution in [0.4, 0.5) is 5.69 Å². The van der Waals surface area contributed by atoms with Gasteiger partial charge in [-0.25, -0.2) is 0 Å². The fourth-order valence-corrected chi connectivity index (χ4v) is 3.62. The van der Waals surface area contributed by atoms with Gasteiger partial charge in [0.1, 0.15) is 0 Å². The Kier molecular flexibility index (Phi) is 4.69. The third kappa shape index (κ3) is 3.70. The van der Waals surface area contributed by atoms with Crippen LogP contribution in [-0.4, -0.2) is 11.9 Å². The van der Waals surface area contributed by atoms with Gasteiger partial charge in [-0.3, -0.25) is 4.79 Å². The van der Waals surface area contributed by atoms with E-state index in [-0.39, 0.29) is 11.9 Å². The van der Waals surface area contributed by atoms with Crippen molar-refractivity contribution in [2.24, 2.45) is 11.7 Å². The number of rotatable bonds is 4. The quantitative estimate of drug-likeness (QED) is 0.810. The molecule has 6 heteroatoms. The second-order valence-corrected chi connectivity index (χ2v) is 6.64. The molecule has 0 aliphatic heterocycles. The number of benzene rings is 1. The van der Waals surface area contributed by atoms with E-state index in [2.05, 4.69) is 37.2 Å². The summed E-state index contributed by atoms with van der Waals surface area (Å²) < 4.78 is 1.49. The van der Waals surface area contributed by atoms with E-state index in [1.165, 1.54) is 0 Å². The fourth-order valence-electron chi connectivity index (χ4n) is 1.76. The van der Waals surface area contributed by atoms with Crippen LogP contribution in [0.1, 0.15) is 19.3 Å². The van der Waals surface area contributed by atoms with Crippen molar-refractivity contribution >= 4 is 55.1 Å². The minimum absolute atomic E-state index is 0.0325. The standard InChI is InChI=1S/C12H13Br2ClN2O/c13-8-3-7(15)4-9(14)12(8)17-11(18)5-10(16)6-1-2-6/h3-4,6,10H,1-2,5,16H2,(H,17,18). The second-order valence-electron chi connectivity index (χ2n) is 4.50. The van der Waals surface area contributed by atoms with Gasteiger partial charge in [0.2, 0.25) is 5.91 Å². The highest BCUT2D eigenvalue weighted by Crippen LogP contribution is 2.35. The Morgan fingerprint density at radius 3 is 2.50 bits per heavy atom. The molecule has 1 aromatic rings. The molecule has 1 fully saturated rings. The number of nitrogens with two attached hydrogens (primary N) is 1. The third-order valence-corrected chi connectivity index (χ3v) is 4.39. The Balaban J connectivity index is 2.02. The summed E-state index contributed by atoms with van der Waals surface area (Å²) in [5, 5.41) is 3.45. The topological polar surface area (TPSA) is 55.1 Å². The number of hydrogen-bond donors (Lipinski definition) is 2. The Labute approximate surface area is 128 Å². The molecule has 1 aliphatic rings. The highest BCUT2D eigenvalue weighted by Gasteiger charge is 2.30. The zero-order valence-electron chi connectivity index (χ0n) is 9.55. The first-order chi connectivity index (χ1) is 8.47. The number of amides is 1. The Morgan fingerprint density at radius 2 is 2.00 bits per heavy atom. The minimum atomic E-state index is -0.0712. The van der Waals surface area contributed by atoms with Gasteiger partial charge < -0.3 is 11.1 Å². The minimum Gasteiger partial charge on any atom is -0.327 e. The lowest BCUT2D eigenvalue weighted by Gasteiger charge is -2.13. The first kappa shape index (κ1) is 14.3. The predicted octanol–water partition coefficient (Wildman–Crippen LogP) is 3.93. The van der Waals surface area contributed by atoms with Crippen LogP contribution in [0.25, 0.3) is 0 Å². The Bertz CT molecular complexity index is 454. The lowest BCUT2D eigenvalue weighted by molar-refractivity contribution is -0.116. The molecule has 18 heavy (non-hydrogen) atoms. The summed E-state index contributed by atoms with van der Waals surface area (Å²) in [6.07, 6.45) is 2.64. The third-order valence-electron chi connectivity index (χ3n) is 2.92. The molecule has 1 unspecified atom stereocenters. The average molecular weight is 397 g/mol. The molecular formula is C12H13Br2ClN2O. The van der Waals surface area contributed by atoms with Crippen LogP contribution in [0.3, 0.4) is 0 Å². The number of hydrogen-bond acceptors (Lipinski definition) is 2. The molecule has 1 saturated carbocycles. The molecule has 1 aromatic carbocycles. The second kappa shape index (κ2) is 5.90. The maximum absolute atomic E-state index is 11.9. The summed E-state index contributed by atoms with van der Waals surface area (Å²) in [6, 6.07) is 3.45. The van der Waals surface area contributed by atoms with Crippen molar-refractivity contribution in [1.29, 1.82) is 0 Å². The van der Waals surface area contributed by atoms with Crippen molar-refractivity contribution < 1.29 is 4.79 Å². The molecule has 0 saturated heterocycles. The van der Waals surface area contributed by atoms with Crippen LogP contribution >= 0.6 is 43.5 Å². The molecule has 3 N–H and O–H groups in total. The van der Waals surface area contributed by atoms with Crippen LogP contribution in [-0.2, 0) is 4.79 Å². The van der Waals surface area contributed by atoms with Crippen LogP contribution in [0.5, 0.6) is 0 Å². The predicted molar refractivity (Wildman–Crippen MR) is 80.8 cm³/mol. The smallest absolute Gasteiger partial charge is 0.226 e. The summed E-state index contributed by atoms with van der Waals surface area (Å²) in [6.45, 7) is 0. The zero-order chi connectivity index (χ0) is 13.3. The van der Waals surface area contributed by atoms with Crippen LogP contribution < -0.4 is 11.1 Å². The average Bonchev–Trinajstić information content (AvgIpc) is 3.06.